The molecule has 1 atom stereocenters. The molecule has 110 valence electrons. The lowest BCUT2D eigenvalue weighted by atomic mass is 10.1. The molecule has 2 aromatic rings. The lowest BCUT2D eigenvalue weighted by molar-refractivity contribution is -0.120. The number of pyridine rings is 1. The van der Waals surface area contributed by atoms with Crippen molar-refractivity contribution in [3.05, 3.63) is 59.8 Å². The zero-order chi connectivity index (χ0) is 15.1. The summed E-state index contributed by atoms with van der Waals surface area (Å²) >= 11 is 0. The molecule has 21 heavy (non-hydrogen) atoms. The third-order valence-corrected chi connectivity index (χ3v) is 3.05. The Hall–Kier alpha value is -2.40. The highest BCUT2D eigenvalue weighted by Gasteiger charge is 2.17. The van der Waals surface area contributed by atoms with Crippen LogP contribution in [0.1, 0.15) is 24.1 Å². The minimum absolute atomic E-state index is 0.414. The van der Waals surface area contributed by atoms with Crippen molar-refractivity contribution in [1.29, 1.82) is 0 Å². The van der Waals surface area contributed by atoms with Crippen LogP contribution in [0.5, 0.6) is 5.88 Å². The number of carbonyl (C=O) groups excluding carboxylic acids is 1. The molecule has 0 aliphatic rings. The molecule has 0 aliphatic heterocycles. The van der Waals surface area contributed by atoms with Gasteiger partial charge in [-0.15, -0.1) is 0 Å². The summed E-state index contributed by atoms with van der Waals surface area (Å²) in [5, 5.41) is 3.16. The number of nitrogens with one attached hydrogen (secondary N) is 1. The van der Waals surface area contributed by atoms with Gasteiger partial charge in [0.2, 0.25) is 11.8 Å². The number of primary amides is 1. The maximum absolute atomic E-state index is 11.6. The summed E-state index contributed by atoms with van der Waals surface area (Å²) in [5.74, 6) is 0.159. The number of carbonyl (C=O) groups is 1. The Morgan fingerprint density at radius 1 is 1.29 bits per heavy atom. The van der Waals surface area contributed by atoms with Crippen LogP contribution < -0.4 is 15.8 Å². The molecule has 0 spiro atoms. The second kappa shape index (κ2) is 7.40. The van der Waals surface area contributed by atoms with Gasteiger partial charge in [0.1, 0.15) is 6.04 Å². The van der Waals surface area contributed by atoms with Crippen molar-refractivity contribution in [2.45, 2.75) is 19.5 Å². The van der Waals surface area contributed by atoms with Crippen LogP contribution in [0.2, 0.25) is 0 Å². The van der Waals surface area contributed by atoms with Crippen molar-refractivity contribution in [2.24, 2.45) is 5.73 Å². The van der Waals surface area contributed by atoms with Crippen molar-refractivity contribution in [1.82, 2.24) is 10.3 Å². The molecule has 1 heterocycles. The minimum atomic E-state index is -0.541. The molecule has 0 radical (unpaired) electrons. The van der Waals surface area contributed by atoms with Gasteiger partial charge in [0.25, 0.3) is 0 Å². The molecular weight excluding hydrogens is 266 g/mol. The number of rotatable bonds is 7. The molecule has 0 aliphatic carbocycles. The summed E-state index contributed by atoms with van der Waals surface area (Å²) in [6.45, 7) is 2.90. The van der Waals surface area contributed by atoms with Gasteiger partial charge in [0.15, 0.2) is 0 Å². The number of amides is 1. The quantitative estimate of drug-likeness (QED) is 0.813. The highest BCUT2D eigenvalue weighted by Crippen LogP contribution is 2.17. The predicted octanol–water partition coefficient (Wildman–Crippen LogP) is 1.80. The summed E-state index contributed by atoms with van der Waals surface area (Å²) in [6.07, 6.45) is 1.68. The molecule has 0 saturated carbocycles. The normalized spacial score (nSPS) is 11.9. The fourth-order valence-corrected chi connectivity index (χ4v) is 2.07. The van der Waals surface area contributed by atoms with E-state index in [0.717, 1.165) is 11.1 Å². The fourth-order valence-electron chi connectivity index (χ4n) is 2.07. The molecule has 0 bridgehead atoms. The molecule has 5 heteroatoms. The van der Waals surface area contributed by atoms with E-state index in [-0.39, 0.29) is 0 Å². The van der Waals surface area contributed by atoms with E-state index in [0.29, 0.717) is 19.0 Å². The number of aromatic nitrogens is 1. The number of ether oxygens (including phenoxy) is 1. The zero-order valence-electron chi connectivity index (χ0n) is 12.0. The lowest BCUT2D eigenvalue weighted by Gasteiger charge is -2.17. The van der Waals surface area contributed by atoms with Crippen molar-refractivity contribution in [2.75, 3.05) is 6.61 Å². The highest BCUT2D eigenvalue weighted by atomic mass is 16.5. The zero-order valence-corrected chi connectivity index (χ0v) is 12.0. The third kappa shape index (κ3) is 4.03. The number of hydrogen-bond donors (Lipinski definition) is 2. The van der Waals surface area contributed by atoms with E-state index >= 15 is 0 Å². The van der Waals surface area contributed by atoms with Crippen molar-refractivity contribution in [3.63, 3.8) is 0 Å². The molecule has 0 fully saturated rings. The number of nitrogens with zero attached hydrogens (tertiary/aromatic N) is 1. The second-order valence-electron chi connectivity index (χ2n) is 4.53. The van der Waals surface area contributed by atoms with Crippen LogP contribution >= 0.6 is 0 Å². The van der Waals surface area contributed by atoms with Crippen LogP contribution in [0.3, 0.4) is 0 Å². The van der Waals surface area contributed by atoms with E-state index in [2.05, 4.69) is 10.3 Å². The number of hydrogen-bond acceptors (Lipinski definition) is 4. The van der Waals surface area contributed by atoms with Gasteiger partial charge in [0.05, 0.1) is 6.61 Å². The monoisotopic (exact) mass is 285 g/mol. The van der Waals surface area contributed by atoms with Gasteiger partial charge in [-0.05, 0) is 18.6 Å². The smallest absolute Gasteiger partial charge is 0.239 e. The maximum Gasteiger partial charge on any atom is 0.239 e. The number of nitrogens with two attached hydrogens (primary N) is 1. The maximum atomic E-state index is 11.6. The van der Waals surface area contributed by atoms with E-state index < -0.39 is 11.9 Å². The molecule has 5 nitrogen and oxygen atoms in total. The van der Waals surface area contributed by atoms with Gasteiger partial charge < -0.3 is 10.5 Å². The summed E-state index contributed by atoms with van der Waals surface area (Å²) in [7, 11) is 0. The Morgan fingerprint density at radius 2 is 2.05 bits per heavy atom. The first-order valence-electron chi connectivity index (χ1n) is 6.86. The van der Waals surface area contributed by atoms with Gasteiger partial charge in [-0.25, -0.2) is 4.98 Å². The predicted molar refractivity (Wildman–Crippen MR) is 80.6 cm³/mol. The van der Waals surface area contributed by atoms with Crippen LogP contribution in [0.25, 0.3) is 0 Å². The first-order chi connectivity index (χ1) is 10.2. The first kappa shape index (κ1) is 15.0. The Labute approximate surface area is 124 Å². The molecule has 1 amide bonds. The minimum Gasteiger partial charge on any atom is -0.478 e. The van der Waals surface area contributed by atoms with Gasteiger partial charge in [-0.1, -0.05) is 36.4 Å². The standard InChI is InChI=1S/C16H19N3O2/c1-2-21-16-13(9-6-10-18-16)11-19-14(15(17)20)12-7-4-3-5-8-12/h3-10,14,19H,2,11H2,1H3,(H2,17,20)/t14-/m0/s1. The van der Waals surface area contributed by atoms with Crippen LogP contribution in [-0.4, -0.2) is 17.5 Å². The molecule has 1 aromatic heterocycles. The topological polar surface area (TPSA) is 77.2 Å². The molecule has 0 saturated heterocycles. The van der Waals surface area contributed by atoms with Gasteiger partial charge in [0, 0.05) is 18.3 Å². The Bertz CT molecular complexity index is 587. The molecule has 1 aromatic carbocycles. The fraction of sp³-hybridized carbons (Fsp3) is 0.250. The van der Waals surface area contributed by atoms with E-state index in [1.54, 1.807) is 6.20 Å². The van der Waals surface area contributed by atoms with Gasteiger partial charge in [-0.3, -0.25) is 10.1 Å². The van der Waals surface area contributed by atoms with Crippen LogP contribution in [0, 0.1) is 0 Å². The van der Waals surface area contributed by atoms with E-state index in [9.17, 15) is 4.79 Å². The lowest BCUT2D eigenvalue weighted by Crippen LogP contribution is -2.33. The van der Waals surface area contributed by atoms with Crippen molar-refractivity contribution in [3.8, 4) is 5.88 Å². The van der Waals surface area contributed by atoms with Crippen molar-refractivity contribution >= 4 is 5.91 Å². The van der Waals surface area contributed by atoms with Crippen LogP contribution in [0.4, 0.5) is 0 Å². The van der Waals surface area contributed by atoms with Gasteiger partial charge >= 0.3 is 0 Å². The Kier molecular flexibility index (Phi) is 5.29. The SMILES string of the molecule is CCOc1ncccc1CN[C@H](C(N)=O)c1ccccc1. The summed E-state index contributed by atoms with van der Waals surface area (Å²) in [5.41, 5.74) is 7.21. The molecule has 3 N–H and O–H groups in total. The second-order valence-corrected chi connectivity index (χ2v) is 4.53. The summed E-state index contributed by atoms with van der Waals surface area (Å²) in [4.78, 5) is 15.8. The summed E-state index contributed by atoms with van der Waals surface area (Å²) in [6, 6.07) is 12.6. The molecular formula is C16H19N3O2. The Balaban J connectivity index is 2.11. The average Bonchev–Trinajstić information content (AvgIpc) is 2.50. The molecule has 2 rings (SSSR count). The highest BCUT2D eigenvalue weighted by molar-refractivity contribution is 5.81. The van der Waals surface area contributed by atoms with E-state index in [1.165, 1.54) is 0 Å². The molecule has 0 unspecified atom stereocenters. The van der Waals surface area contributed by atoms with Crippen molar-refractivity contribution < 1.29 is 9.53 Å². The third-order valence-electron chi connectivity index (χ3n) is 3.05. The average molecular weight is 285 g/mol. The summed E-state index contributed by atoms with van der Waals surface area (Å²) < 4.78 is 5.47. The van der Waals surface area contributed by atoms with Crippen LogP contribution in [0.15, 0.2) is 48.7 Å². The Morgan fingerprint density at radius 3 is 2.71 bits per heavy atom. The van der Waals surface area contributed by atoms with E-state index in [1.807, 2.05) is 49.4 Å². The first-order valence-corrected chi connectivity index (χ1v) is 6.86. The number of benzene rings is 1. The van der Waals surface area contributed by atoms with Crippen LogP contribution in [-0.2, 0) is 11.3 Å². The largest absolute Gasteiger partial charge is 0.478 e. The van der Waals surface area contributed by atoms with Gasteiger partial charge in [-0.2, -0.15) is 0 Å². The van der Waals surface area contributed by atoms with E-state index in [4.69, 9.17) is 10.5 Å².